The zero-order valence-electron chi connectivity index (χ0n) is 9.90. The molecule has 0 radical (unpaired) electrons. The molecule has 102 valence electrons. The highest BCUT2D eigenvalue weighted by Gasteiger charge is 2.31. The van der Waals surface area contributed by atoms with Crippen molar-refractivity contribution in [1.29, 1.82) is 5.26 Å². The van der Waals surface area contributed by atoms with E-state index in [-0.39, 0.29) is 28.4 Å². The quantitative estimate of drug-likeness (QED) is 0.847. The second-order valence-electron chi connectivity index (χ2n) is 4.36. The van der Waals surface area contributed by atoms with Crippen molar-refractivity contribution in [3.8, 4) is 6.07 Å². The monoisotopic (exact) mass is 300 g/mol. The zero-order valence-corrected chi connectivity index (χ0v) is 11.5. The number of hydrogen-bond acceptors (Lipinski definition) is 5. The van der Waals surface area contributed by atoms with Crippen molar-refractivity contribution < 1.29 is 16.8 Å². The molecule has 0 saturated carbocycles. The smallest absolute Gasteiger partial charge is 0.229 e. The topological polar surface area (TPSA) is 104 Å². The molecule has 0 aliphatic carbocycles. The van der Waals surface area contributed by atoms with Crippen LogP contribution < -0.4 is 4.72 Å². The molecule has 1 aromatic rings. The van der Waals surface area contributed by atoms with Crippen LogP contribution in [0.2, 0.25) is 0 Å². The molecule has 6 nitrogen and oxygen atoms in total. The number of nitriles is 1. The van der Waals surface area contributed by atoms with E-state index in [4.69, 9.17) is 5.26 Å². The van der Waals surface area contributed by atoms with Crippen molar-refractivity contribution >= 4 is 19.9 Å². The molecular weight excluding hydrogens is 288 g/mol. The molecule has 0 aromatic heterocycles. The summed E-state index contributed by atoms with van der Waals surface area (Å²) in [7, 11) is -6.93. The maximum Gasteiger partial charge on any atom is 0.240 e. The summed E-state index contributed by atoms with van der Waals surface area (Å²) in [6.45, 7) is 0. The average molecular weight is 300 g/mol. The van der Waals surface area contributed by atoms with Gasteiger partial charge in [0, 0.05) is 6.04 Å². The van der Waals surface area contributed by atoms with Crippen molar-refractivity contribution in [3.63, 3.8) is 0 Å². The fraction of sp³-hybridized carbons (Fsp3) is 0.364. The normalized spacial score (nSPS) is 21.9. The van der Waals surface area contributed by atoms with Crippen molar-refractivity contribution in [2.24, 2.45) is 0 Å². The Kier molecular flexibility index (Phi) is 3.62. The number of nitrogens with one attached hydrogen (secondary N) is 1. The molecule has 8 heteroatoms. The fourth-order valence-electron chi connectivity index (χ4n) is 1.91. The third-order valence-corrected chi connectivity index (χ3v) is 6.11. The highest BCUT2D eigenvalue weighted by Crippen LogP contribution is 2.16. The lowest BCUT2D eigenvalue weighted by Gasteiger charge is -2.11. The maximum atomic E-state index is 12.1. The predicted molar refractivity (Wildman–Crippen MR) is 68.5 cm³/mol. The van der Waals surface area contributed by atoms with Gasteiger partial charge in [-0.2, -0.15) is 5.26 Å². The predicted octanol–water partition coefficient (Wildman–Crippen LogP) is 0.0237. The molecule has 1 saturated heterocycles. The van der Waals surface area contributed by atoms with Crippen LogP contribution in [-0.4, -0.2) is 34.4 Å². The third kappa shape index (κ3) is 3.32. The number of sulfonamides is 1. The van der Waals surface area contributed by atoms with Crippen LogP contribution in [-0.2, 0) is 19.9 Å². The van der Waals surface area contributed by atoms with Gasteiger partial charge in [-0.1, -0.05) is 6.07 Å². The van der Waals surface area contributed by atoms with E-state index in [1.807, 2.05) is 6.07 Å². The minimum absolute atomic E-state index is 0.00157. The van der Waals surface area contributed by atoms with Crippen LogP contribution in [0, 0.1) is 11.3 Å². The summed E-state index contributed by atoms with van der Waals surface area (Å²) in [4.78, 5) is -0.0316. The van der Waals surface area contributed by atoms with Gasteiger partial charge in [0.25, 0.3) is 0 Å². The Balaban J connectivity index is 2.22. The molecule has 0 bridgehead atoms. The molecule has 1 aliphatic rings. The van der Waals surface area contributed by atoms with Gasteiger partial charge in [0.15, 0.2) is 9.84 Å². The van der Waals surface area contributed by atoms with E-state index in [0.717, 1.165) is 0 Å². The van der Waals surface area contributed by atoms with Crippen molar-refractivity contribution in [1.82, 2.24) is 4.72 Å². The molecular formula is C11H12N2O4S2. The first-order chi connectivity index (χ1) is 8.82. The van der Waals surface area contributed by atoms with Crippen LogP contribution in [0.25, 0.3) is 0 Å². The van der Waals surface area contributed by atoms with Crippen molar-refractivity contribution in [2.45, 2.75) is 17.4 Å². The minimum atomic E-state index is -3.79. The number of rotatable bonds is 3. The summed E-state index contributed by atoms with van der Waals surface area (Å²) in [5, 5.41) is 8.74. The second kappa shape index (κ2) is 4.92. The molecule has 0 spiro atoms. The Labute approximate surface area is 112 Å². The van der Waals surface area contributed by atoms with Gasteiger partial charge in [-0.3, -0.25) is 0 Å². The zero-order chi connectivity index (χ0) is 14.1. The standard InChI is InChI=1S/C11H12N2O4S2/c12-7-9-2-1-3-11(6-9)19(16,17)13-10-4-5-18(14,15)8-10/h1-3,6,10,13H,4-5,8H2/t10-/m1/s1. The van der Waals surface area contributed by atoms with Gasteiger partial charge >= 0.3 is 0 Å². The van der Waals surface area contributed by atoms with E-state index < -0.39 is 25.9 Å². The molecule has 1 aromatic carbocycles. The van der Waals surface area contributed by atoms with Crippen LogP contribution in [0.4, 0.5) is 0 Å². The SMILES string of the molecule is N#Cc1cccc(S(=O)(=O)N[C@@H]2CCS(=O)(=O)C2)c1. The highest BCUT2D eigenvalue weighted by molar-refractivity contribution is 7.92. The minimum Gasteiger partial charge on any atom is -0.229 e. The Morgan fingerprint density at radius 1 is 1.37 bits per heavy atom. The number of benzene rings is 1. The maximum absolute atomic E-state index is 12.1. The molecule has 0 unspecified atom stereocenters. The summed E-state index contributed by atoms with van der Waals surface area (Å²) >= 11 is 0. The Morgan fingerprint density at radius 2 is 2.11 bits per heavy atom. The summed E-state index contributed by atoms with van der Waals surface area (Å²) in [5.74, 6) is -0.178. The molecule has 0 amide bonds. The lowest BCUT2D eigenvalue weighted by molar-refractivity contribution is 0.562. The van der Waals surface area contributed by atoms with E-state index in [1.165, 1.54) is 24.3 Å². The van der Waals surface area contributed by atoms with Crippen LogP contribution in [0.5, 0.6) is 0 Å². The molecule has 1 aliphatic heterocycles. The van der Waals surface area contributed by atoms with Crippen LogP contribution in [0.3, 0.4) is 0 Å². The second-order valence-corrected chi connectivity index (χ2v) is 8.30. The van der Waals surface area contributed by atoms with Gasteiger partial charge in [0.05, 0.1) is 28.0 Å². The molecule has 1 heterocycles. The first-order valence-electron chi connectivity index (χ1n) is 5.55. The molecule has 2 rings (SSSR count). The highest BCUT2D eigenvalue weighted by atomic mass is 32.2. The number of nitrogens with zero attached hydrogens (tertiary/aromatic N) is 1. The summed E-state index contributed by atoms with van der Waals surface area (Å²) in [6, 6.07) is 6.85. The van der Waals surface area contributed by atoms with E-state index in [2.05, 4.69) is 4.72 Å². The van der Waals surface area contributed by atoms with E-state index in [0.29, 0.717) is 0 Å². The van der Waals surface area contributed by atoms with Crippen LogP contribution >= 0.6 is 0 Å². The van der Waals surface area contributed by atoms with Gasteiger partial charge in [0.2, 0.25) is 10.0 Å². The lowest BCUT2D eigenvalue weighted by atomic mass is 10.2. The summed E-state index contributed by atoms with van der Waals surface area (Å²) < 4.78 is 49.0. The number of sulfone groups is 1. The number of hydrogen-bond donors (Lipinski definition) is 1. The first kappa shape index (κ1) is 14.0. The first-order valence-corrected chi connectivity index (χ1v) is 8.86. The van der Waals surface area contributed by atoms with Crippen molar-refractivity contribution in [2.75, 3.05) is 11.5 Å². The Morgan fingerprint density at radius 3 is 2.68 bits per heavy atom. The summed E-state index contributed by atoms with van der Waals surface area (Å²) in [5.41, 5.74) is 0.238. The van der Waals surface area contributed by atoms with Gasteiger partial charge in [-0.15, -0.1) is 0 Å². The lowest BCUT2D eigenvalue weighted by Crippen LogP contribution is -2.35. The van der Waals surface area contributed by atoms with E-state index in [9.17, 15) is 16.8 Å². The van der Waals surface area contributed by atoms with Gasteiger partial charge < -0.3 is 0 Å². The van der Waals surface area contributed by atoms with Crippen molar-refractivity contribution in [3.05, 3.63) is 29.8 Å². The van der Waals surface area contributed by atoms with Crippen LogP contribution in [0.15, 0.2) is 29.2 Å². The van der Waals surface area contributed by atoms with Gasteiger partial charge in [0.1, 0.15) is 0 Å². The molecule has 19 heavy (non-hydrogen) atoms. The van der Waals surface area contributed by atoms with E-state index >= 15 is 0 Å². The largest absolute Gasteiger partial charge is 0.240 e. The Hall–Kier alpha value is -1.43. The summed E-state index contributed by atoms with van der Waals surface area (Å²) in [6.07, 6.45) is 0.277. The molecule has 1 fully saturated rings. The van der Waals surface area contributed by atoms with Crippen LogP contribution in [0.1, 0.15) is 12.0 Å². The molecule has 1 atom stereocenters. The molecule has 1 N–H and O–H groups in total. The average Bonchev–Trinajstić information content (AvgIpc) is 2.68. The van der Waals surface area contributed by atoms with E-state index in [1.54, 1.807) is 0 Å². The van der Waals surface area contributed by atoms with Gasteiger partial charge in [-0.25, -0.2) is 21.6 Å². The fourth-order valence-corrected chi connectivity index (χ4v) is 5.00. The Bertz CT molecular complexity index is 732. The third-order valence-electron chi connectivity index (χ3n) is 2.83. The van der Waals surface area contributed by atoms with Gasteiger partial charge in [-0.05, 0) is 24.6 Å².